The highest BCUT2D eigenvalue weighted by Gasteiger charge is 2.34. The Morgan fingerprint density at radius 3 is 2.79 bits per heavy atom. The van der Waals surface area contributed by atoms with E-state index in [4.69, 9.17) is 4.74 Å². The van der Waals surface area contributed by atoms with Crippen LogP contribution in [-0.4, -0.2) is 80.9 Å². The van der Waals surface area contributed by atoms with Gasteiger partial charge in [-0.25, -0.2) is 4.98 Å². The molecule has 1 amide bonds. The lowest BCUT2D eigenvalue weighted by molar-refractivity contribution is 0.0324. The molecule has 33 heavy (non-hydrogen) atoms. The molecule has 0 aromatic carbocycles. The molecule has 1 aliphatic heterocycles. The molecule has 1 aliphatic rings. The van der Waals surface area contributed by atoms with Crippen molar-refractivity contribution >= 4 is 5.91 Å². The second-order valence-electron chi connectivity index (χ2n) is 8.66. The highest BCUT2D eigenvalue weighted by molar-refractivity contribution is 5.97. The molecule has 2 N–H and O–H groups in total. The predicted molar refractivity (Wildman–Crippen MR) is 125 cm³/mol. The average Bonchev–Trinajstić information content (AvgIpc) is 2.80. The number of aliphatic hydroxyl groups is 2. The Morgan fingerprint density at radius 1 is 1.33 bits per heavy atom. The standard InChI is InChI=1S/C25H32N4O4/c1-17-13-29(18(2)16-30)25(32)22-11-20(9-8-19(3)31)12-27-24(22)33-23(17)15-28(4)14-21-7-5-6-10-26-21/h5-7,10-12,17-19,23,30-31H,13-16H2,1-4H3/t17-,18+,19-,23-/m1/s1. The zero-order valence-electron chi connectivity index (χ0n) is 19.6. The van der Waals surface area contributed by atoms with Gasteiger partial charge in [-0.15, -0.1) is 0 Å². The van der Waals surface area contributed by atoms with Gasteiger partial charge >= 0.3 is 0 Å². The summed E-state index contributed by atoms with van der Waals surface area (Å²) in [6.45, 7) is 6.99. The van der Waals surface area contributed by atoms with Crippen LogP contribution in [0.2, 0.25) is 0 Å². The minimum absolute atomic E-state index is 0.00112. The third-order valence-electron chi connectivity index (χ3n) is 5.60. The first-order valence-electron chi connectivity index (χ1n) is 11.1. The molecule has 0 spiro atoms. The van der Waals surface area contributed by atoms with E-state index in [9.17, 15) is 15.0 Å². The van der Waals surface area contributed by atoms with Crippen LogP contribution in [0, 0.1) is 17.8 Å². The number of aromatic nitrogens is 2. The van der Waals surface area contributed by atoms with E-state index in [2.05, 4.69) is 26.7 Å². The molecule has 0 fully saturated rings. The number of rotatable bonds is 6. The minimum atomic E-state index is -0.787. The fraction of sp³-hybridized carbons (Fsp3) is 0.480. The van der Waals surface area contributed by atoms with E-state index in [1.54, 1.807) is 30.3 Å². The number of hydrogen-bond donors (Lipinski definition) is 2. The van der Waals surface area contributed by atoms with Crippen molar-refractivity contribution in [2.24, 2.45) is 5.92 Å². The number of amides is 1. The number of pyridine rings is 2. The Bertz CT molecular complexity index is 1000. The molecule has 0 radical (unpaired) electrons. The van der Waals surface area contributed by atoms with E-state index in [1.165, 1.54) is 0 Å². The molecule has 0 saturated carbocycles. The van der Waals surface area contributed by atoms with Crippen molar-refractivity contribution in [2.45, 2.75) is 45.6 Å². The summed E-state index contributed by atoms with van der Waals surface area (Å²) in [6.07, 6.45) is 2.30. The van der Waals surface area contributed by atoms with Crippen molar-refractivity contribution in [2.75, 3.05) is 26.7 Å². The summed E-state index contributed by atoms with van der Waals surface area (Å²) < 4.78 is 6.29. The molecule has 2 aromatic rings. The minimum Gasteiger partial charge on any atom is -0.472 e. The van der Waals surface area contributed by atoms with Gasteiger partial charge in [0, 0.05) is 43.5 Å². The monoisotopic (exact) mass is 452 g/mol. The lowest BCUT2D eigenvalue weighted by atomic mass is 10.00. The van der Waals surface area contributed by atoms with Gasteiger partial charge < -0.3 is 19.8 Å². The van der Waals surface area contributed by atoms with Gasteiger partial charge in [0.1, 0.15) is 17.8 Å². The van der Waals surface area contributed by atoms with Crippen LogP contribution < -0.4 is 4.74 Å². The first-order chi connectivity index (χ1) is 15.8. The summed E-state index contributed by atoms with van der Waals surface area (Å²) in [7, 11) is 2.01. The first-order valence-corrected chi connectivity index (χ1v) is 11.1. The second-order valence-corrected chi connectivity index (χ2v) is 8.66. The smallest absolute Gasteiger partial charge is 0.259 e. The molecule has 8 nitrogen and oxygen atoms in total. The summed E-state index contributed by atoms with van der Waals surface area (Å²) in [6, 6.07) is 7.12. The molecular formula is C25H32N4O4. The SMILES string of the molecule is C[C@@H]1CN([C@@H](C)CO)C(=O)c2cc(C#C[C@@H](C)O)cnc2O[C@@H]1CN(C)Cc1ccccn1. The molecule has 3 heterocycles. The van der Waals surface area contributed by atoms with E-state index >= 15 is 0 Å². The van der Waals surface area contributed by atoms with Crippen molar-refractivity contribution in [3.8, 4) is 17.7 Å². The largest absolute Gasteiger partial charge is 0.472 e. The van der Waals surface area contributed by atoms with Crippen molar-refractivity contribution in [1.29, 1.82) is 0 Å². The number of aliphatic hydroxyl groups excluding tert-OH is 2. The lowest BCUT2D eigenvalue weighted by Crippen LogP contribution is -2.49. The molecule has 4 atom stereocenters. The molecule has 0 aliphatic carbocycles. The van der Waals surface area contributed by atoms with Crippen molar-refractivity contribution in [3.05, 3.63) is 53.5 Å². The second kappa shape index (κ2) is 11.2. The van der Waals surface area contributed by atoms with Crippen LogP contribution in [0.4, 0.5) is 0 Å². The van der Waals surface area contributed by atoms with Gasteiger partial charge in [-0.05, 0) is 39.1 Å². The Hall–Kier alpha value is -2.99. The van der Waals surface area contributed by atoms with E-state index in [0.29, 0.717) is 30.8 Å². The molecule has 0 bridgehead atoms. The van der Waals surface area contributed by atoms with Crippen LogP contribution in [0.25, 0.3) is 0 Å². The zero-order valence-corrected chi connectivity index (χ0v) is 19.6. The maximum Gasteiger partial charge on any atom is 0.259 e. The molecule has 8 heteroatoms. The number of carbonyl (C=O) groups excluding carboxylic acids is 1. The van der Waals surface area contributed by atoms with Crippen LogP contribution in [-0.2, 0) is 6.54 Å². The van der Waals surface area contributed by atoms with Crippen molar-refractivity contribution in [1.82, 2.24) is 19.8 Å². The van der Waals surface area contributed by atoms with Gasteiger partial charge in [0.05, 0.1) is 18.3 Å². The summed E-state index contributed by atoms with van der Waals surface area (Å²) in [5, 5.41) is 19.2. The Morgan fingerprint density at radius 2 is 2.12 bits per heavy atom. The number of fused-ring (bicyclic) bond motifs is 1. The average molecular weight is 453 g/mol. The number of likely N-dealkylation sites (N-methyl/N-ethyl adjacent to an activating group) is 1. The van der Waals surface area contributed by atoms with E-state index in [0.717, 1.165) is 5.69 Å². The van der Waals surface area contributed by atoms with Crippen LogP contribution in [0.3, 0.4) is 0 Å². The van der Waals surface area contributed by atoms with Gasteiger partial charge in [0.2, 0.25) is 5.88 Å². The van der Waals surface area contributed by atoms with Gasteiger partial charge in [0.25, 0.3) is 5.91 Å². The van der Waals surface area contributed by atoms with Gasteiger partial charge in [-0.3, -0.25) is 14.7 Å². The van der Waals surface area contributed by atoms with Gasteiger partial charge in [-0.2, -0.15) is 0 Å². The Kier molecular flexibility index (Phi) is 8.39. The van der Waals surface area contributed by atoms with Gasteiger partial charge in [0.15, 0.2) is 0 Å². The molecule has 3 rings (SSSR count). The van der Waals surface area contributed by atoms with Crippen LogP contribution in [0.15, 0.2) is 36.7 Å². The molecule has 0 unspecified atom stereocenters. The fourth-order valence-corrected chi connectivity index (χ4v) is 3.72. The maximum absolute atomic E-state index is 13.4. The van der Waals surface area contributed by atoms with Crippen molar-refractivity contribution < 1.29 is 19.7 Å². The van der Waals surface area contributed by atoms with Crippen LogP contribution in [0.5, 0.6) is 5.88 Å². The van der Waals surface area contributed by atoms with E-state index in [1.807, 2.05) is 39.1 Å². The predicted octanol–water partition coefficient (Wildman–Crippen LogP) is 1.56. The highest BCUT2D eigenvalue weighted by Crippen LogP contribution is 2.27. The third-order valence-corrected chi connectivity index (χ3v) is 5.60. The first kappa shape index (κ1) is 24.6. The maximum atomic E-state index is 13.4. The van der Waals surface area contributed by atoms with Gasteiger partial charge in [-0.1, -0.05) is 24.8 Å². The Labute approximate surface area is 195 Å². The number of ether oxygens (including phenoxy) is 1. The number of carbonyl (C=O) groups is 1. The number of nitrogens with zero attached hydrogens (tertiary/aromatic N) is 4. The van der Waals surface area contributed by atoms with E-state index < -0.39 is 6.10 Å². The lowest BCUT2D eigenvalue weighted by Gasteiger charge is -2.37. The molecule has 0 saturated heterocycles. The van der Waals surface area contributed by atoms with Crippen LogP contribution >= 0.6 is 0 Å². The number of hydrogen-bond acceptors (Lipinski definition) is 7. The fourth-order valence-electron chi connectivity index (χ4n) is 3.72. The van der Waals surface area contributed by atoms with Crippen LogP contribution in [0.1, 0.15) is 42.4 Å². The van der Waals surface area contributed by atoms with Crippen molar-refractivity contribution in [3.63, 3.8) is 0 Å². The topological polar surface area (TPSA) is 99.0 Å². The summed E-state index contributed by atoms with van der Waals surface area (Å²) >= 11 is 0. The Balaban J connectivity index is 1.91. The highest BCUT2D eigenvalue weighted by atomic mass is 16.5. The molecule has 2 aromatic heterocycles. The zero-order chi connectivity index (χ0) is 24.0. The quantitative estimate of drug-likeness (QED) is 0.642. The third kappa shape index (κ3) is 6.51. The molecule has 176 valence electrons. The summed E-state index contributed by atoms with van der Waals surface area (Å²) in [4.78, 5) is 26.0. The normalized spacial score (nSPS) is 20.1. The van der Waals surface area contributed by atoms with E-state index in [-0.39, 0.29) is 36.5 Å². The summed E-state index contributed by atoms with van der Waals surface area (Å²) in [5.41, 5.74) is 1.78. The molecular weight excluding hydrogens is 420 g/mol. The summed E-state index contributed by atoms with van der Waals surface area (Å²) in [5.74, 6) is 5.50.